The first-order chi connectivity index (χ1) is 10.7. The molecule has 1 aromatic rings. The third-order valence-corrected chi connectivity index (χ3v) is 4.72. The Balaban J connectivity index is 2.28. The molecular formula is C18H29Br2NO. The Kier molecular flexibility index (Phi) is 11.2. The van der Waals surface area contributed by atoms with E-state index in [1.165, 1.54) is 44.1 Å². The van der Waals surface area contributed by atoms with Crippen molar-refractivity contribution < 1.29 is 4.74 Å². The number of ether oxygens (including phenoxy) is 1. The zero-order valence-corrected chi connectivity index (χ0v) is 17.1. The molecule has 4 heteroatoms. The normalized spacial score (nSPS) is 10.9. The first kappa shape index (κ1) is 20.0. The van der Waals surface area contributed by atoms with Crippen LogP contribution < -0.4 is 10.1 Å². The van der Waals surface area contributed by atoms with E-state index in [1.54, 1.807) is 0 Å². The van der Waals surface area contributed by atoms with Gasteiger partial charge in [0.05, 0.1) is 15.6 Å². The molecule has 0 aromatic heterocycles. The lowest BCUT2D eigenvalue weighted by molar-refractivity contribution is 0.313. The second-order valence-corrected chi connectivity index (χ2v) is 7.39. The van der Waals surface area contributed by atoms with Crippen LogP contribution in [0.5, 0.6) is 5.75 Å². The van der Waals surface area contributed by atoms with E-state index in [1.807, 2.05) is 0 Å². The van der Waals surface area contributed by atoms with Gasteiger partial charge in [0.25, 0.3) is 0 Å². The SMILES string of the molecule is CCCCCCCCNCc1cc(Br)c(OCCC)c(Br)c1. The number of rotatable bonds is 12. The Morgan fingerprint density at radius 2 is 1.55 bits per heavy atom. The minimum Gasteiger partial charge on any atom is -0.491 e. The van der Waals surface area contributed by atoms with Crippen molar-refractivity contribution >= 4 is 31.9 Å². The van der Waals surface area contributed by atoms with Crippen LogP contribution in [0.2, 0.25) is 0 Å². The van der Waals surface area contributed by atoms with Crippen molar-refractivity contribution in [3.63, 3.8) is 0 Å². The summed E-state index contributed by atoms with van der Waals surface area (Å²) in [6, 6.07) is 4.29. The molecule has 0 heterocycles. The third kappa shape index (κ3) is 7.98. The van der Waals surface area contributed by atoms with Gasteiger partial charge in [-0.1, -0.05) is 46.0 Å². The second-order valence-electron chi connectivity index (χ2n) is 5.68. The zero-order chi connectivity index (χ0) is 16.2. The number of hydrogen-bond acceptors (Lipinski definition) is 2. The van der Waals surface area contributed by atoms with E-state index in [9.17, 15) is 0 Å². The average Bonchev–Trinajstić information content (AvgIpc) is 2.49. The van der Waals surface area contributed by atoms with Gasteiger partial charge in [-0.2, -0.15) is 0 Å². The molecule has 0 aliphatic carbocycles. The van der Waals surface area contributed by atoms with E-state index >= 15 is 0 Å². The molecule has 1 aromatic carbocycles. The Bertz CT molecular complexity index is 401. The van der Waals surface area contributed by atoms with Gasteiger partial charge in [0.1, 0.15) is 5.75 Å². The number of nitrogens with one attached hydrogen (secondary N) is 1. The largest absolute Gasteiger partial charge is 0.491 e. The van der Waals surface area contributed by atoms with Crippen LogP contribution in [0, 0.1) is 0 Å². The second kappa shape index (κ2) is 12.4. The molecule has 126 valence electrons. The molecule has 0 aliphatic heterocycles. The molecule has 1 rings (SSSR count). The van der Waals surface area contributed by atoms with Gasteiger partial charge in [-0.3, -0.25) is 0 Å². The smallest absolute Gasteiger partial charge is 0.147 e. The third-order valence-electron chi connectivity index (χ3n) is 3.54. The number of benzene rings is 1. The standard InChI is InChI=1S/C18H29Br2NO/c1-3-5-6-7-8-9-10-21-14-15-12-16(19)18(17(20)13-15)22-11-4-2/h12-13,21H,3-11,14H2,1-2H3. The lowest BCUT2D eigenvalue weighted by atomic mass is 10.1. The van der Waals surface area contributed by atoms with Crippen LogP contribution in [0.25, 0.3) is 0 Å². The first-order valence-electron chi connectivity index (χ1n) is 8.50. The van der Waals surface area contributed by atoms with Crippen LogP contribution in [0.4, 0.5) is 0 Å². The van der Waals surface area contributed by atoms with Gasteiger partial charge < -0.3 is 10.1 Å². The monoisotopic (exact) mass is 433 g/mol. The Morgan fingerprint density at radius 3 is 2.18 bits per heavy atom. The summed E-state index contributed by atoms with van der Waals surface area (Å²) < 4.78 is 7.79. The van der Waals surface area contributed by atoms with Gasteiger partial charge in [-0.05, 0) is 68.9 Å². The molecule has 1 N–H and O–H groups in total. The maximum Gasteiger partial charge on any atom is 0.147 e. The van der Waals surface area contributed by atoms with Gasteiger partial charge >= 0.3 is 0 Å². The summed E-state index contributed by atoms with van der Waals surface area (Å²) in [6.07, 6.45) is 9.07. The van der Waals surface area contributed by atoms with E-state index in [0.29, 0.717) is 0 Å². The number of unbranched alkanes of at least 4 members (excludes halogenated alkanes) is 5. The molecule has 0 fully saturated rings. The average molecular weight is 435 g/mol. The predicted octanol–water partition coefficient (Wildman–Crippen LogP) is 6.45. The summed E-state index contributed by atoms with van der Waals surface area (Å²) >= 11 is 7.21. The fourth-order valence-corrected chi connectivity index (χ4v) is 3.83. The fourth-order valence-electron chi connectivity index (χ4n) is 2.32. The van der Waals surface area contributed by atoms with Crippen molar-refractivity contribution in [3.8, 4) is 5.75 Å². The summed E-state index contributed by atoms with van der Waals surface area (Å²) in [7, 11) is 0. The van der Waals surface area contributed by atoms with Gasteiger partial charge in [0.15, 0.2) is 0 Å². The molecule has 0 saturated carbocycles. The van der Waals surface area contributed by atoms with Gasteiger partial charge in [-0.15, -0.1) is 0 Å². The van der Waals surface area contributed by atoms with Crippen LogP contribution in [0.3, 0.4) is 0 Å². The minimum atomic E-state index is 0.743. The van der Waals surface area contributed by atoms with Gasteiger partial charge in [-0.25, -0.2) is 0 Å². The fraction of sp³-hybridized carbons (Fsp3) is 0.667. The van der Waals surface area contributed by atoms with E-state index < -0.39 is 0 Å². The highest BCUT2D eigenvalue weighted by Gasteiger charge is 2.08. The molecule has 0 atom stereocenters. The predicted molar refractivity (Wildman–Crippen MR) is 103 cm³/mol. The summed E-state index contributed by atoms with van der Waals surface area (Å²) in [6.45, 7) is 7.11. The van der Waals surface area contributed by atoms with E-state index in [2.05, 4.69) is 63.2 Å². The van der Waals surface area contributed by atoms with Crippen molar-refractivity contribution in [2.24, 2.45) is 0 Å². The molecule has 0 saturated heterocycles. The lowest BCUT2D eigenvalue weighted by Crippen LogP contribution is -2.14. The van der Waals surface area contributed by atoms with Crippen LogP contribution in [-0.4, -0.2) is 13.2 Å². The zero-order valence-electron chi connectivity index (χ0n) is 13.9. The van der Waals surface area contributed by atoms with Crippen molar-refractivity contribution in [2.75, 3.05) is 13.2 Å². The molecular weight excluding hydrogens is 406 g/mol. The molecule has 0 amide bonds. The lowest BCUT2D eigenvalue weighted by Gasteiger charge is -2.12. The van der Waals surface area contributed by atoms with Crippen LogP contribution in [0.1, 0.15) is 64.4 Å². The number of hydrogen-bond donors (Lipinski definition) is 1. The topological polar surface area (TPSA) is 21.3 Å². The highest BCUT2D eigenvalue weighted by atomic mass is 79.9. The minimum absolute atomic E-state index is 0.743. The molecule has 2 nitrogen and oxygen atoms in total. The van der Waals surface area contributed by atoms with Gasteiger partial charge in [0, 0.05) is 6.54 Å². The molecule has 0 bridgehead atoms. The first-order valence-corrected chi connectivity index (χ1v) is 10.1. The van der Waals surface area contributed by atoms with Crippen molar-refractivity contribution in [1.29, 1.82) is 0 Å². The summed E-state index contributed by atoms with van der Waals surface area (Å²) in [5.41, 5.74) is 1.27. The molecule has 0 unspecified atom stereocenters. The van der Waals surface area contributed by atoms with Crippen molar-refractivity contribution in [2.45, 2.75) is 65.3 Å². The maximum atomic E-state index is 5.75. The quantitative estimate of drug-likeness (QED) is 0.381. The summed E-state index contributed by atoms with van der Waals surface area (Å²) in [5.74, 6) is 0.904. The summed E-state index contributed by atoms with van der Waals surface area (Å²) in [5, 5.41) is 3.53. The highest BCUT2D eigenvalue weighted by Crippen LogP contribution is 2.34. The summed E-state index contributed by atoms with van der Waals surface area (Å²) in [4.78, 5) is 0. The van der Waals surface area contributed by atoms with Gasteiger partial charge in [0.2, 0.25) is 0 Å². The van der Waals surface area contributed by atoms with Crippen molar-refractivity contribution in [1.82, 2.24) is 5.32 Å². The Labute approximate surface area is 152 Å². The number of halogens is 2. The highest BCUT2D eigenvalue weighted by molar-refractivity contribution is 9.11. The van der Waals surface area contributed by atoms with E-state index in [0.717, 1.165) is 40.8 Å². The van der Waals surface area contributed by atoms with Crippen LogP contribution in [-0.2, 0) is 6.54 Å². The Morgan fingerprint density at radius 1 is 0.909 bits per heavy atom. The van der Waals surface area contributed by atoms with Crippen LogP contribution in [0.15, 0.2) is 21.1 Å². The molecule has 0 aliphatic rings. The van der Waals surface area contributed by atoms with E-state index in [-0.39, 0.29) is 0 Å². The maximum absolute atomic E-state index is 5.75. The molecule has 0 radical (unpaired) electrons. The van der Waals surface area contributed by atoms with E-state index in [4.69, 9.17) is 4.74 Å². The van der Waals surface area contributed by atoms with Crippen molar-refractivity contribution in [3.05, 3.63) is 26.6 Å². The molecule has 22 heavy (non-hydrogen) atoms. The Hall–Kier alpha value is -0.0600. The molecule has 0 spiro atoms. The van der Waals surface area contributed by atoms with Crippen LogP contribution >= 0.6 is 31.9 Å².